The van der Waals surface area contributed by atoms with Gasteiger partial charge in [-0.1, -0.05) is 209 Å². The van der Waals surface area contributed by atoms with Gasteiger partial charge in [0.1, 0.15) is 13.2 Å². The molecule has 0 saturated carbocycles. The van der Waals surface area contributed by atoms with E-state index in [0.29, 0.717) is 23.9 Å². The van der Waals surface area contributed by atoms with Crippen molar-refractivity contribution in [3.05, 3.63) is 60.8 Å². The molecule has 0 aliphatic rings. The average molecular weight is 878 g/mol. The fraction of sp³-hybridized carbons (Fsp3) is 0.788. The molecule has 0 aliphatic heterocycles. The van der Waals surface area contributed by atoms with Crippen LogP contribution in [0.3, 0.4) is 0 Å². The molecule has 0 spiro atoms. The number of phosphoric ester groups is 1. The molecule has 0 aromatic rings. The second kappa shape index (κ2) is 43.5. The molecule has 0 bridgehead atoms. The molecule has 356 valence electrons. The number of phosphoric acid groups is 1. The number of allylic oxidation sites excluding steroid dienone is 10. The number of hydrogen-bond acceptors (Lipinski definition) is 5. The van der Waals surface area contributed by atoms with Crippen LogP contribution >= 0.6 is 7.82 Å². The van der Waals surface area contributed by atoms with Crippen molar-refractivity contribution in [1.82, 2.24) is 5.32 Å². The van der Waals surface area contributed by atoms with Gasteiger partial charge in [0, 0.05) is 6.42 Å². The monoisotopic (exact) mass is 878 g/mol. The third-order valence-corrected chi connectivity index (χ3v) is 12.0. The van der Waals surface area contributed by atoms with E-state index in [-0.39, 0.29) is 19.1 Å². The molecule has 0 rings (SSSR count). The van der Waals surface area contributed by atoms with E-state index in [9.17, 15) is 19.4 Å². The number of nitrogens with one attached hydrogen (secondary N) is 1. The summed E-state index contributed by atoms with van der Waals surface area (Å²) < 4.78 is 23.7. The molecular weight excluding hydrogens is 780 g/mol. The van der Waals surface area contributed by atoms with Crippen molar-refractivity contribution in [3.8, 4) is 0 Å². The van der Waals surface area contributed by atoms with Crippen LogP contribution in [0.4, 0.5) is 0 Å². The first-order valence-electron chi connectivity index (χ1n) is 25.2. The Morgan fingerprint density at radius 1 is 0.574 bits per heavy atom. The van der Waals surface area contributed by atoms with E-state index in [2.05, 4.69) is 79.9 Å². The minimum Gasteiger partial charge on any atom is -0.391 e. The van der Waals surface area contributed by atoms with Crippen LogP contribution in [0.1, 0.15) is 213 Å². The zero-order valence-electron chi connectivity index (χ0n) is 40.4. The lowest BCUT2D eigenvalue weighted by molar-refractivity contribution is -0.870. The number of nitrogens with zero attached hydrogens (tertiary/aromatic N) is 1. The van der Waals surface area contributed by atoms with Crippen molar-refractivity contribution in [2.24, 2.45) is 0 Å². The maximum atomic E-state index is 12.9. The lowest BCUT2D eigenvalue weighted by atomic mass is 10.0. The van der Waals surface area contributed by atoms with E-state index < -0.39 is 20.0 Å². The Hall–Kier alpha value is -1.80. The van der Waals surface area contributed by atoms with Crippen molar-refractivity contribution in [2.75, 3.05) is 40.9 Å². The number of carbonyl (C=O) groups is 1. The highest BCUT2D eigenvalue weighted by molar-refractivity contribution is 7.47. The smallest absolute Gasteiger partial charge is 0.391 e. The maximum Gasteiger partial charge on any atom is 0.472 e. The van der Waals surface area contributed by atoms with Gasteiger partial charge in [0.25, 0.3) is 0 Å². The Morgan fingerprint density at radius 2 is 0.984 bits per heavy atom. The Morgan fingerprint density at radius 3 is 1.43 bits per heavy atom. The van der Waals surface area contributed by atoms with Gasteiger partial charge in [0.15, 0.2) is 0 Å². The van der Waals surface area contributed by atoms with Gasteiger partial charge in [0.2, 0.25) is 5.91 Å². The van der Waals surface area contributed by atoms with Gasteiger partial charge in [-0.3, -0.25) is 13.8 Å². The largest absolute Gasteiger partial charge is 0.472 e. The SMILES string of the molecule is CC/C=C\C/C=C\C/C=C\C/C=C\C/C=C\CCCCCC(=O)NC(COP(=O)(O)OCC[N+](C)(C)C)C(O)CCCCCCCCCCCCCCCCCCCCCC. The summed E-state index contributed by atoms with van der Waals surface area (Å²) in [5.74, 6) is -0.176. The number of rotatable bonds is 45. The number of carbonyl (C=O) groups excluding carboxylic acids is 1. The molecule has 1 amide bonds. The summed E-state index contributed by atoms with van der Waals surface area (Å²) in [5, 5.41) is 14.0. The van der Waals surface area contributed by atoms with E-state index in [4.69, 9.17) is 9.05 Å². The van der Waals surface area contributed by atoms with E-state index in [1.165, 1.54) is 109 Å². The summed E-state index contributed by atoms with van der Waals surface area (Å²) in [7, 11) is 1.59. The standard InChI is InChI=1S/C52H97N2O6P/c1-6-8-10-12-14-16-18-20-22-24-26-28-29-31-33-35-37-39-41-43-45-51(55)50(49-60-61(57,58)59-48-47-54(3,4)5)53-52(56)46-44-42-40-38-36-34-32-30-27-25-23-21-19-17-15-13-11-9-7-2/h9,11,15,17,21,23,27,30,34,36,50-51,55H,6-8,10,12-14,16,18-20,22,24-26,28-29,31-33,35,37-49H2,1-5H3,(H-,53,56,57,58)/p+1/b11-9-,17-15-,23-21-,30-27-,36-34-. The van der Waals surface area contributed by atoms with Crippen LogP contribution in [0.2, 0.25) is 0 Å². The topological polar surface area (TPSA) is 105 Å². The van der Waals surface area contributed by atoms with Crippen LogP contribution in [0.15, 0.2) is 60.8 Å². The minimum atomic E-state index is -4.33. The highest BCUT2D eigenvalue weighted by Crippen LogP contribution is 2.43. The lowest BCUT2D eigenvalue weighted by Gasteiger charge is -2.26. The van der Waals surface area contributed by atoms with E-state index in [1.807, 2.05) is 21.1 Å². The molecule has 8 nitrogen and oxygen atoms in total. The summed E-state index contributed by atoms with van der Waals surface area (Å²) in [4.78, 5) is 23.2. The van der Waals surface area contributed by atoms with Crippen LogP contribution in [0.25, 0.3) is 0 Å². The molecule has 0 radical (unpaired) electrons. The molecule has 0 aliphatic carbocycles. The quantitative estimate of drug-likeness (QED) is 0.0244. The number of unbranched alkanes of at least 4 members (excludes halogenated alkanes) is 22. The maximum absolute atomic E-state index is 12.9. The number of quaternary nitrogens is 1. The Labute approximate surface area is 377 Å². The first-order chi connectivity index (χ1) is 29.5. The number of aliphatic hydroxyl groups is 1. The molecule has 0 saturated heterocycles. The first-order valence-corrected chi connectivity index (χ1v) is 26.6. The summed E-state index contributed by atoms with van der Waals surface area (Å²) in [5.41, 5.74) is 0. The fourth-order valence-corrected chi connectivity index (χ4v) is 7.81. The van der Waals surface area contributed by atoms with Crippen molar-refractivity contribution >= 4 is 13.7 Å². The van der Waals surface area contributed by atoms with E-state index in [0.717, 1.165) is 77.0 Å². The Balaban J connectivity index is 4.35. The van der Waals surface area contributed by atoms with Gasteiger partial charge in [0.05, 0.1) is 39.9 Å². The Bertz CT molecular complexity index is 1180. The van der Waals surface area contributed by atoms with Gasteiger partial charge < -0.3 is 19.8 Å². The predicted octanol–water partition coefficient (Wildman–Crippen LogP) is 14.6. The molecule has 3 N–H and O–H groups in total. The third-order valence-electron chi connectivity index (χ3n) is 11.0. The van der Waals surface area contributed by atoms with Crippen LogP contribution in [0, 0.1) is 0 Å². The predicted molar refractivity (Wildman–Crippen MR) is 263 cm³/mol. The molecule has 0 heterocycles. The molecule has 3 atom stereocenters. The van der Waals surface area contributed by atoms with Crippen molar-refractivity contribution in [1.29, 1.82) is 0 Å². The molecular formula is C52H98N2O6P+. The minimum absolute atomic E-state index is 0.0654. The fourth-order valence-electron chi connectivity index (χ4n) is 7.07. The van der Waals surface area contributed by atoms with Crippen molar-refractivity contribution in [3.63, 3.8) is 0 Å². The normalized spacial score (nSPS) is 14.7. The van der Waals surface area contributed by atoms with Crippen molar-refractivity contribution < 1.29 is 32.9 Å². The van der Waals surface area contributed by atoms with Crippen LogP contribution in [-0.2, 0) is 18.4 Å². The first kappa shape index (κ1) is 59.2. The summed E-state index contributed by atoms with van der Waals surface area (Å²) in [6, 6.07) is -0.781. The second-order valence-electron chi connectivity index (χ2n) is 18.2. The third kappa shape index (κ3) is 46.0. The summed E-state index contributed by atoms with van der Waals surface area (Å²) >= 11 is 0. The molecule has 0 aromatic heterocycles. The summed E-state index contributed by atoms with van der Waals surface area (Å²) in [6.07, 6.45) is 56.8. The average Bonchev–Trinajstić information content (AvgIpc) is 3.21. The van der Waals surface area contributed by atoms with Crippen molar-refractivity contribution in [2.45, 2.75) is 225 Å². The van der Waals surface area contributed by atoms with Gasteiger partial charge in [-0.05, 0) is 57.8 Å². The molecule has 0 fully saturated rings. The lowest BCUT2D eigenvalue weighted by Crippen LogP contribution is -2.46. The second-order valence-corrected chi connectivity index (χ2v) is 19.6. The van der Waals surface area contributed by atoms with Gasteiger partial charge >= 0.3 is 7.82 Å². The number of likely N-dealkylation sites (N-methyl/N-ethyl adjacent to an activating group) is 1. The molecule has 9 heteroatoms. The molecule has 0 aromatic carbocycles. The van der Waals surface area contributed by atoms with Crippen LogP contribution < -0.4 is 5.32 Å². The molecule has 3 unspecified atom stereocenters. The zero-order valence-corrected chi connectivity index (χ0v) is 41.3. The number of aliphatic hydroxyl groups excluding tert-OH is 1. The van der Waals surface area contributed by atoms with E-state index >= 15 is 0 Å². The highest BCUT2D eigenvalue weighted by Gasteiger charge is 2.28. The zero-order chi connectivity index (χ0) is 45.0. The van der Waals surface area contributed by atoms with Crippen LogP contribution in [0.5, 0.6) is 0 Å². The highest BCUT2D eigenvalue weighted by atomic mass is 31.2. The van der Waals surface area contributed by atoms with E-state index in [1.54, 1.807) is 0 Å². The van der Waals surface area contributed by atoms with Gasteiger partial charge in [-0.25, -0.2) is 4.57 Å². The number of amides is 1. The summed E-state index contributed by atoms with van der Waals surface area (Å²) in [6.45, 7) is 4.75. The Kier molecular flexibility index (Phi) is 42.2. The van der Waals surface area contributed by atoms with Gasteiger partial charge in [-0.15, -0.1) is 0 Å². The number of hydrogen-bond donors (Lipinski definition) is 3. The van der Waals surface area contributed by atoms with Gasteiger partial charge in [-0.2, -0.15) is 0 Å². The molecule has 61 heavy (non-hydrogen) atoms. The van der Waals surface area contributed by atoms with Crippen LogP contribution in [-0.4, -0.2) is 73.4 Å².